The molecule has 1 atom stereocenters. The molecule has 84 valence electrons. The smallest absolute Gasteiger partial charge is 0.0409 e. The quantitative estimate of drug-likeness (QED) is 0.717. The lowest BCUT2D eigenvalue weighted by Gasteiger charge is -2.19. The van der Waals surface area contributed by atoms with Gasteiger partial charge in [0, 0.05) is 24.0 Å². The van der Waals surface area contributed by atoms with E-state index in [0.29, 0.717) is 11.8 Å². The van der Waals surface area contributed by atoms with E-state index in [-0.39, 0.29) is 0 Å². The van der Waals surface area contributed by atoms with Crippen LogP contribution in [0.25, 0.3) is 0 Å². The largest absolute Gasteiger partial charge is 0.302 e. The van der Waals surface area contributed by atoms with Gasteiger partial charge in [0.1, 0.15) is 0 Å². The first-order chi connectivity index (χ1) is 7.11. The van der Waals surface area contributed by atoms with Crippen LogP contribution in [0.3, 0.4) is 0 Å². The minimum absolute atomic E-state index is 0.524. The highest BCUT2D eigenvalue weighted by molar-refractivity contribution is 6.30. The predicted molar refractivity (Wildman–Crippen MR) is 67.7 cm³/mol. The SMILES string of the molecule is CC(CCl)CN(C)Cc1cccc(Cl)c1. The van der Waals surface area contributed by atoms with Crippen LogP contribution in [0.2, 0.25) is 5.02 Å². The number of benzene rings is 1. The second kappa shape index (κ2) is 6.37. The third kappa shape index (κ3) is 4.87. The Balaban J connectivity index is 2.47. The molecule has 1 rings (SSSR count). The summed E-state index contributed by atoms with van der Waals surface area (Å²) in [6.07, 6.45) is 0. The maximum absolute atomic E-state index is 5.92. The van der Waals surface area contributed by atoms with Crippen molar-refractivity contribution in [3.8, 4) is 0 Å². The van der Waals surface area contributed by atoms with Gasteiger partial charge in [0.15, 0.2) is 0 Å². The third-order valence-electron chi connectivity index (χ3n) is 2.23. The summed E-state index contributed by atoms with van der Waals surface area (Å²) in [7, 11) is 2.10. The van der Waals surface area contributed by atoms with E-state index >= 15 is 0 Å². The van der Waals surface area contributed by atoms with Crippen LogP contribution in [-0.4, -0.2) is 24.4 Å². The van der Waals surface area contributed by atoms with E-state index < -0.39 is 0 Å². The molecule has 1 aromatic rings. The summed E-state index contributed by atoms with van der Waals surface area (Å²) in [6.45, 7) is 4.08. The Morgan fingerprint density at radius 2 is 2.13 bits per heavy atom. The zero-order valence-electron chi connectivity index (χ0n) is 9.21. The van der Waals surface area contributed by atoms with Gasteiger partial charge in [-0.3, -0.25) is 0 Å². The molecule has 0 bridgehead atoms. The molecule has 0 saturated carbocycles. The first kappa shape index (κ1) is 12.8. The Bertz CT molecular complexity index is 301. The molecule has 0 amide bonds. The molecule has 0 aliphatic heterocycles. The van der Waals surface area contributed by atoms with Gasteiger partial charge in [0.05, 0.1) is 0 Å². The van der Waals surface area contributed by atoms with Crippen LogP contribution in [0.1, 0.15) is 12.5 Å². The van der Waals surface area contributed by atoms with Crippen molar-refractivity contribution in [1.29, 1.82) is 0 Å². The summed E-state index contributed by atoms with van der Waals surface area (Å²) < 4.78 is 0. The van der Waals surface area contributed by atoms with Gasteiger partial charge in [-0.1, -0.05) is 30.7 Å². The zero-order valence-corrected chi connectivity index (χ0v) is 10.7. The number of hydrogen-bond acceptors (Lipinski definition) is 1. The molecule has 0 saturated heterocycles. The molecular formula is C12H17Cl2N. The van der Waals surface area contributed by atoms with E-state index in [1.807, 2.05) is 18.2 Å². The average molecular weight is 246 g/mol. The molecule has 0 aliphatic carbocycles. The lowest BCUT2D eigenvalue weighted by Crippen LogP contribution is -2.24. The zero-order chi connectivity index (χ0) is 11.3. The molecule has 15 heavy (non-hydrogen) atoms. The van der Waals surface area contributed by atoms with Gasteiger partial charge >= 0.3 is 0 Å². The number of halogens is 2. The van der Waals surface area contributed by atoms with Gasteiger partial charge in [-0.05, 0) is 30.7 Å². The summed E-state index contributed by atoms with van der Waals surface area (Å²) >= 11 is 11.7. The van der Waals surface area contributed by atoms with Crippen molar-refractivity contribution in [2.45, 2.75) is 13.5 Å². The molecule has 0 spiro atoms. The molecule has 0 radical (unpaired) electrons. The van der Waals surface area contributed by atoms with Crippen molar-refractivity contribution in [3.05, 3.63) is 34.9 Å². The van der Waals surface area contributed by atoms with Crippen molar-refractivity contribution in [1.82, 2.24) is 4.90 Å². The fraction of sp³-hybridized carbons (Fsp3) is 0.500. The minimum atomic E-state index is 0.524. The highest BCUT2D eigenvalue weighted by Gasteiger charge is 2.05. The topological polar surface area (TPSA) is 3.24 Å². The predicted octanol–water partition coefficient (Wildman–Crippen LogP) is 3.65. The highest BCUT2D eigenvalue weighted by Crippen LogP contribution is 2.12. The average Bonchev–Trinajstić information content (AvgIpc) is 2.17. The van der Waals surface area contributed by atoms with Crippen LogP contribution in [-0.2, 0) is 6.54 Å². The van der Waals surface area contributed by atoms with E-state index in [0.717, 1.165) is 18.1 Å². The van der Waals surface area contributed by atoms with Crippen molar-refractivity contribution < 1.29 is 0 Å². The van der Waals surface area contributed by atoms with Gasteiger partial charge in [0.2, 0.25) is 0 Å². The standard InChI is InChI=1S/C12H17Cl2N/c1-10(7-13)8-15(2)9-11-4-3-5-12(14)6-11/h3-6,10H,7-9H2,1-2H3. The van der Waals surface area contributed by atoms with E-state index in [4.69, 9.17) is 23.2 Å². The Morgan fingerprint density at radius 3 is 2.73 bits per heavy atom. The van der Waals surface area contributed by atoms with Crippen molar-refractivity contribution in [2.75, 3.05) is 19.5 Å². The van der Waals surface area contributed by atoms with Crippen LogP contribution < -0.4 is 0 Å². The molecule has 0 N–H and O–H groups in total. The number of alkyl halides is 1. The fourth-order valence-corrected chi connectivity index (χ4v) is 1.90. The van der Waals surface area contributed by atoms with Gasteiger partial charge in [-0.2, -0.15) is 0 Å². The summed E-state index contributed by atoms with van der Waals surface area (Å²) in [5.74, 6) is 1.23. The van der Waals surface area contributed by atoms with Gasteiger partial charge in [0.25, 0.3) is 0 Å². The number of hydrogen-bond donors (Lipinski definition) is 0. The first-order valence-corrected chi connectivity index (χ1v) is 6.02. The monoisotopic (exact) mass is 245 g/mol. The van der Waals surface area contributed by atoms with Crippen LogP contribution in [0, 0.1) is 5.92 Å². The van der Waals surface area contributed by atoms with Crippen LogP contribution in [0.4, 0.5) is 0 Å². The summed E-state index contributed by atoms with van der Waals surface area (Å²) in [5.41, 5.74) is 1.24. The first-order valence-electron chi connectivity index (χ1n) is 5.10. The van der Waals surface area contributed by atoms with Crippen molar-refractivity contribution >= 4 is 23.2 Å². The number of rotatable bonds is 5. The van der Waals surface area contributed by atoms with Gasteiger partial charge in [-0.25, -0.2) is 0 Å². The molecule has 1 aromatic carbocycles. The van der Waals surface area contributed by atoms with Crippen LogP contribution in [0.5, 0.6) is 0 Å². The van der Waals surface area contributed by atoms with Crippen molar-refractivity contribution in [2.24, 2.45) is 5.92 Å². The van der Waals surface area contributed by atoms with E-state index in [9.17, 15) is 0 Å². The minimum Gasteiger partial charge on any atom is -0.302 e. The lowest BCUT2D eigenvalue weighted by atomic mass is 10.2. The second-order valence-corrected chi connectivity index (χ2v) is 4.83. The molecule has 0 heterocycles. The fourth-order valence-electron chi connectivity index (χ4n) is 1.59. The second-order valence-electron chi connectivity index (χ2n) is 4.09. The van der Waals surface area contributed by atoms with Crippen LogP contribution in [0.15, 0.2) is 24.3 Å². The maximum Gasteiger partial charge on any atom is 0.0409 e. The van der Waals surface area contributed by atoms with Gasteiger partial charge < -0.3 is 4.90 Å². The Hall–Kier alpha value is -0.240. The molecular weight excluding hydrogens is 229 g/mol. The molecule has 1 nitrogen and oxygen atoms in total. The van der Waals surface area contributed by atoms with E-state index in [1.54, 1.807) is 0 Å². The van der Waals surface area contributed by atoms with Crippen LogP contribution >= 0.6 is 23.2 Å². The normalized spacial score (nSPS) is 13.1. The highest BCUT2D eigenvalue weighted by atomic mass is 35.5. The Labute approximate surface area is 102 Å². The molecule has 0 aromatic heterocycles. The van der Waals surface area contributed by atoms with Gasteiger partial charge in [-0.15, -0.1) is 11.6 Å². The molecule has 0 aliphatic rings. The molecule has 0 fully saturated rings. The third-order valence-corrected chi connectivity index (χ3v) is 2.99. The lowest BCUT2D eigenvalue weighted by molar-refractivity contribution is 0.290. The maximum atomic E-state index is 5.92. The van der Waals surface area contributed by atoms with E-state index in [2.05, 4.69) is 24.9 Å². The summed E-state index contributed by atoms with van der Waals surface area (Å²) in [6, 6.07) is 7.97. The van der Waals surface area contributed by atoms with E-state index in [1.165, 1.54) is 5.56 Å². The molecule has 1 unspecified atom stereocenters. The number of nitrogens with zero attached hydrogens (tertiary/aromatic N) is 1. The summed E-state index contributed by atoms with van der Waals surface area (Å²) in [4.78, 5) is 2.26. The Kier molecular flexibility index (Phi) is 5.44. The molecule has 3 heteroatoms. The Morgan fingerprint density at radius 1 is 1.40 bits per heavy atom. The van der Waals surface area contributed by atoms with Crippen molar-refractivity contribution in [3.63, 3.8) is 0 Å². The summed E-state index contributed by atoms with van der Waals surface area (Å²) in [5, 5.41) is 0.797.